The fraction of sp³-hybridized carbons (Fsp3) is 0.0909. The molecule has 0 radical (unpaired) electrons. The van der Waals surface area contributed by atoms with Gasteiger partial charge in [0.05, 0.1) is 0 Å². The first kappa shape index (κ1) is 8.17. The molecule has 13 heavy (non-hydrogen) atoms. The van der Waals surface area contributed by atoms with Gasteiger partial charge in [-0.3, -0.25) is 0 Å². The van der Waals surface area contributed by atoms with Gasteiger partial charge in [0.2, 0.25) is 0 Å². The second-order valence-electron chi connectivity index (χ2n) is 2.87. The summed E-state index contributed by atoms with van der Waals surface area (Å²) in [6, 6.07) is 12.1. The molecule has 0 spiro atoms. The van der Waals surface area contributed by atoms with Crippen molar-refractivity contribution in [1.29, 1.82) is 0 Å². The van der Waals surface area contributed by atoms with Crippen LogP contribution >= 0.6 is 0 Å². The Hall–Kier alpha value is -1.44. The van der Waals surface area contributed by atoms with Gasteiger partial charge in [-0.2, -0.15) is 0 Å². The Bertz CT molecular complexity index is 416. The summed E-state index contributed by atoms with van der Waals surface area (Å²) in [6.07, 6.45) is -2.40. The molecule has 0 aliphatic rings. The van der Waals surface area contributed by atoms with Gasteiger partial charge < -0.3 is 0 Å². The van der Waals surface area contributed by atoms with Gasteiger partial charge in [-0.25, -0.2) is 8.78 Å². The molecule has 66 valence electrons. The highest BCUT2D eigenvalue weighted by molar-refractivity contribution is 5.85. The standard InChI is InChI=1S/C11H8F2/c12-11(13)10-7-3-5-8-4-1-2-6-9(8)10/h1-7,11H. The van der Waals surface area contributed by atoms with Crippen LogP contribution in [0.5, 0.6) is 0 Å². The van der Waals surface area contributed by atoms with Gasteiger partial charge >= 0.3 is 0 Å². The highest BCUT2D eigenvalue weighted by atomic mass is 19.3. The van der Waals surface area contributed by atoms with Gasteiger partial charge in [-0.1, -0.05) is 42.5 Å². The molecule has 0 unspecified atom stereocenters. The van der Waals surface area contributed by atoms with Crippen molar-refractivity contribution in [2.45, 2.75) is 6.43 Å². The van der Waals surface area contributed by atoms with Crippen molar-refractivity contribution in [2.75, 3.05) is 0 Å². The summed E-state index contributed by atoms with van der Waals surface area (Å²) in [4.78, 5) is 0. The number of alkyl halides is 2. The van der Waals surface area contributed by atoms with E-state index in [9.17, 15) is 8.78 Å². The van der Waals surface area contributed by atoms with Gasteiger partial charge in [-0.15, -0.1) is 0 Å². The van der Waals surface area contributed by atoms with Crippen molar-refractivity contribution in [3.63, 3.8) is 0 Å². The van der Waals surface area contributed by atoms with Gasteiger partial charge in [0.1, 0.15) is 0 Å². The van der Waals surface area contributed by atoms with Crippen molar-refractivity contribution in [2.24, 2.45) is 0 Å². The van der Waals surface area contributed by atoms with Gasteiger partial charge in [0, 0.05) is 5.56 Å². The average molecular weight is 178 g/mol. The third kappa shape index (κ3) is 1.39. The van der Waals surface area contributed by atoms with Crippen molar-refractivity contribution >= 4 is 10.8 Å². The van der Waals surface area contributed by atoms with Crippen molar-refractivity contribution in [3.8, 4) is 0 Å². The van der Waals surface area contributed by atoms with Crippen LogP contribution in [0.25, 0.3) is 10.8 Å². The van der Waals surface area contributed by atoms with Crippen LogP contribution in [0.1, 0.15) is 12.0 Å². The van der Waals surface area contributed by atoms with Gasteiger partial charge in [0.25, 0.3) is 6.43 Å². The number of rotatable bonds is 1. The van der Waals surface area contributed by atoms with Crippen LogP contribution in [0.2, 0.25) is 0 Å². The minimum Gasteiger partial charge on any atom is -0.205 e. The normalized spacial score (nSPS) is 11.0. The summed E-state index contributed by atoms with van der Waals surface area (Å²) >= 11 is 0. The lowest BCUT2D eigenvalue weighted by atomic mass is 10.1. The van der Waals surface area contributed by atoms with E-state index in [1.54, 1.807) is 18.2 Å². The average Bonchev–Trinajstić information content (AvgIpc) is 2.17. The quantitative estimate of drug-likeness (QED) is 0.623. The van der Waals surface area contributed by atoms with E-state index in [4.69, 9.17) is 0 Å². The van der Waals surface area contributed by atoms with Gasteiger partial charge in [0.15, 0.2) is 0 Å². The minimum atomic E-state index is -2.40. The maximum atomic E-state index is 12.5. The van der Waals surface area contributed by atoms with Crippen LogP contribution in [-0.2, 0) is 0 Å². The fourth-order valence-corrected chi connectivity index (χ4v) is 1.44. The van der Waals surface area contributed by atoms with E-state index in [1.165, 1.54) is 6.07 Å². The molecule has 0 aromatic heterocycles. The zero-order valence-corrected chi connectivity index (χ0v) is 6.87. The molecule has 0 amide bonds. The first-order valence-corrected chi connectivity index (χ1v) is 4.05. The summed E-state index contributed by atoms with van der Waals surface area (Å²) in [5.41, 5.74) is 0.109. The molecule has 0 saturated carbocycles. The first-order valence-electron chi connectivity index (χ1n) is 4.05. The second-order valence-corrected chi connectivity index (χ2v) is 2.87. The summed E-state index contributed by atoms with van der Waals surface area (Å²) in [5, 5.41) is 1.50. The van der Waals surface area contributed by atoms with Crippen molar-refractivity contribution < 1.29 is 8.78 Å². The SMILES string of the molecule is FC(F)c1cccc2ccccc12. The molecular weight excluding hydrogens is 170 g/mol. The highest BCUT2D eigenvalue weighted by Crippen LogP contribution is 2.26. The molecular formula is C11H8F2. The number of halogens is 2. The molecule has 0 fully saturated rings. The zero-order chi connectivity index (χ0) is 9.26. The van der Waals surface area contributed by atoms with Crippen LogP contribution in [0.4, 0.5) is 8.78 Å². The Morgan fingerprint density at radius 1 is 0.846 bits per heavy atom. The lowest BCUT2D eigenvalue weighted by molar-refractivity contribution is 0.153. The third-order valence-electron chi connectivity index (χ3n) is 2.06. The van der Waals surface area contributed by atoms with Crippen molar-refractivity contribution in [3.05, 3.63) is 48.0 Å². The largest absolute Gasteiger partial charge is 0.264 e. The topological polar surface area (TPSA) is 0 Å². The molecule has 0 saturated heterocycles. The maximum Gasteiger partial charge on any atom is 0.264 e. The summed E-state index contributed by atoms with van der Waals surface area (Å²) in [5.74, 6) is 0. The Balaban J connectivity index is 2.76. The van der Waals surface area contributed by atoms with Crippen LogP contribution in [0, 0.1) is 0 Å². The number of hydrogen-bond acceptors (Lipinski definition) is 0. The molecule has 0 heterocycles. The van der Waals surface area contributed by atoms with E-state index in [-0.39, 0.29) is 5.56 Å². The summed E-state index contributed by atoms with van der Waals surface area (Å²) in [7, 11) is 0. The first-order chi connectivity index (χ1) is 6.29. The highest BCUT2D eigenvalue weighted by Gasteiger charge is 2.09. The molecule has 0 bridgehead atoms. The van der Waals surface area contributed by atoms with Gasteiger partial charge in [-0.05, 0) is 10.8 Å². The van der Waals surface area contributed by atoms with E-state index >= 15 is 0 Å². The molecule has 0 N–H and O–H groups in total. The molecule has 2 heteroatoms. The van der Waals surface area contributed by atoms with Crippen LogP contribution in [0.15, 0.2) is 42.5 Å². The van der Waals surface area contributed by atoms with Crippen LogP contribution in [0.3, 0.4) is 0 Å². The van der Waals surface area contributed by atoms with E-state index in [0.717, 1.165) is 5.39 Å². The molecule has 0 atom stereocenters. The maximum absolute atomic E-state index is 12.5. The minimum absolute atomic E-state index is 0.109. The molecule has 2 aromatic rings. The van der Waals surface area contributed by atoms with Crippen LogP contribution in [-0.4, -0.2) is 0 Å². The molecule has 2 rings (SSSR count). The zero-order valence-electron chi connectivity index (χ0n) is 6.87. The monoisotopic (exact) mass is 178 g/mol. The van der Waals surface area contributed by atoms with Crippen molar-refractivity contribution in [1.82, 2.24) is 0 Å². The molecule has 0 nitrogen and oxygen atoms in total. The smallest absolute Gasteiger partial charge is 0.205 e. The Kier molecular flexibility index (Phi) is 1.97. The Morgan fingerprint density at radius 2 is 1.54 bits per heavy atom. The second kappa shape index (κ2) is 3.13. The van der Waals surface area contributed by atoms with Crippen LogP contribution < -0.4 is 0 Å². The number of fused-ring (bicyclic) bond motifs is 1. The lowest BCUT2D eigenvalue weighted by Gasteiger charge is -2.04. The summed E-state index contributed by atoms with van der Waals surface area (Å²) in [6.45, 7) is 0. The fourth-order valence-electron chi connectivity index (χ4n) is 1.44. The number of hydrogen-bond donors (Lipinski definition) is 0. The van der Waals surface area contributed by atoms with E-state index in [0.29, 0.717) is 5.39 Å². The summed E-state index contributed by atoms with van der Waals surface area (Å²) < 4.78 is 25.0. The lowest BCUT2D eigenvalue weighted by Crippen LogP contribution is -1.85. The molecule has 2 aromatic carbocycles. The predicted octanol–water partition coefficient (Wildman–Crippen LogP) is 3.78. The molecule has 0 aliphatic heterocycles. The number of benzene rings is 2. The Morgan fingerprint density at radius 3 is 2.31 bits per heavy atom. The third-order valence-corrected chi connectivity index (χ3v) is 2.06. The molecule has 0 aliphatic carbocycles. The predicted molar refractivity (Wildman–Crippen MR) is 48.9 cm³/mol. The van der Waals surface area contributed by atoms with E-state index in [1.807, 2.05) is 18.2 Å². The Labute approximate surface area is 74.8 Å². The van der Waals surface area contributed by atoms with E-state index < -0.39 is 6.43 Å². The van der Waals surface area contributed by atoms with E-state index in [2.05, 4.69) is 0 Å².